The highest BCUT2D eigenvalue weighted by molar-refractivity contribution is 7.12. The second kappa shape index (κ2) is 9.96. The summed E-state index contributed by atoms with van der Waals surface area (Å²) >= 11 is 1.36. The number of rotatable bonds is 9. The van der Waals surface area contributed by atoms with Gasteiger partial charge in [-0.05, 0) is 30.1 Å². The van der Waals surface area contributed by atoms with Gasteiger partial charge in [0.2, 0.25) is 5.91 Å². The number of benzene rings is 1. The first-order valence-corrected chi connectivity index (χ1v) is 9.41. The Bertz CT molecular complexity index is 655. The van der Waals surface area contributed by atoms with E-state index in [4.69, 9.17) is 0 Å². The summed E-state index contributed by atoms with van der Waals surface area (Å²) in [5.74, 6) is -0.397. The van der Waals surface area contributed by atoms with Crippen molar-refractivity contribution in [1.82, 2.24) is 15.5 Å². The van der Waals surface area contributed by atoms with Gasteiger partial charge in [-0.15, -0.1) is 11.3 Å². The standard InChI is InChI=1S/C19H25N3O2S/c1-3-22(4-2)16(15-9-6-5-7-10-15)13-20-18(23)14-21-19(24)17-11-8-12-25-17/h5-12,16H,3-4,13-14H2,1-2H3,(H,20,23)(H,21,24). The van der Waals surface area contributed by atoms with E-state index in [1.807, 2.05) is 29.6 Å². The van der Waals surface area contributed by atoms with Crippen molar-refractivity contribution in [3.8, 4) is 0 Å². The Labute approximate surface area is 153 Å². The molecule has 0 aliphatic rings. The van der Waals surface area contributed by atoms with Crippen LogP contribution in [0.2, 0.25) is 0 Å². The second-order valence-electron chi connectivity index (χ2n) is 5.61. The van der Waals surface area contributed by atoms with Crippen molar-refractivity contribution in [2.45, 2.75) is 19.9 Å². The van der Waals surface area contributed by atoms with Crippen LogP contribution in [-0.2, 0) is 4.79 Å². The third kappa shape index (κ3) is 5.69. The van der Waals surface area contributed by atoms with Gasteiger partial charge in [0.15, 0.2) is 0 Å². The molecule has 0 fully saturated rings. The fourth-order valence-corrected chi connectivity index (χ4v) is 3.37. The van der Waals surface area contributed by atoms with Gasteiger partial charge < -0.3 is 10.6 Å². The molecule has 25 heavy (non-hydrogen) atoms. The monoisotopic (exact) mass is 359 g/mol. The third-order valence-corrected chi connectivity index (χ3v) is 4.95. The van der Waals surface area contributed by atoms with Crippen molar-refractivity contribution in [3.63, 3.8) is 0 Å². The highest BCUT2D eigenvalue weighted by Gasteiger charge is 2.18. The Morgan fingerprint density at radius 3 is 2.36 bits per heavy atom. The van der Waals surface area contributed by atoms with E-state index in [-0.39, 0.29) is 24.4 Å². The Morgan fingerprint density at radius 2 is 1.76 bits per heavy atom. The minimum atomic E-state index is -0.214. The van der Waals surface area contributed by atoms with Crippen molar-refractivity contribution in [2.75, 3.05) is 26.2 Å². The largest absolute Gasteiger partial charge is 0.353 e. The number of hydrogen-bond donors (Lipinski definition) is 2. The average molecular weight is 359 g/mol. The average Bonchev–Trinajstić information content (AvgIpc) is 3.18. The van der Waals surface area contributed by atoms with E-state index in [1.165, 1.54) is 16.9 Å². The molecule has 1 heterocycles. The van der Waals surface area contributed by atoms with Crippen LogP contribution in [0.1, 0.15) is 35.1 Å². The number of hydrogen-bond acceptors (Lipinski definition) is 4. The fraction of sp³-hybridized carbons (Fsp3) is 0.368. The quantitative estimate of drug-likeness (QED) is 0.724. The molecule has 0 spiro atoms. The molecular formula is C19H25N3O2S. The lowest BCUT2D eigenvalue weighted by Crippen LogP contribution is -2.42. The van der Waals surface area contributed by atoms with Gasteiger partial charge in [0, 0.05) is 6.54 Å². The molecule has 1 aromatic carbocycles. The van der Waals surface area contributed by atoms with Gasteiger partial charge in [0.05, 0.1) is 17.5 Å². The number of carbonyl (C=O) groups is 2. The van der Waals surface area contributed by atoms with Gasteiger partial charge in [-0.2, -0.15) is 0 Å². The zero-order valence-electron chi connectivity index (χ0n) is 14.7. The van der Waals surface area contributed by atoms with Crippen LogP contribution in [0.15, 0.2) is 47.8 Å². The lowest BCUT2D eigenvalue weighted by atomic mass is 10.1. The van der Waals surface area contributed by atoms with Gasteiger partial charge in [-0.3, -0.25) is 14.5 Å². The lowest BCUT2D eigenvalue weighted by Gasteiger charge is -2.30. The highest BCUT2D eigenvalue weighted by Crippen LogP contribution is 2.19. The zero-order valence-corrected chi connectivity index (χ0v) is 15.5. The van der Waals surface area contributed by atoms with E-state index < -0.39 is 0 Å². The minimum absolute atomic E-state index is 0.0174. The number of amides is 2. The summed E-state index contributed by atoms with van der Waals surface area (Å²) in [6.45, 7) is 6.53. The van der Waals surface area contributed by atoms with Gasteiger partial charge in [-0.1, -0.05) is 50.2 Å². The first-order valence-electron chi connectivity index (χ1n) is 8.53. The maximum absolute atomic E-state index is 12.1. The number of carbonyl (C=O) groups excluding carboxylic acids is 2. The number of thiophene rings is 1. The Hall–Kier alpha value is -2.18. The zero-order chi connectivity index (χ0) is 18.1. The molecule has 0 aliphatic carbocycles. The van der Waals surface area contributed by atoms with Crippen LogP contribution in [0.4, 0.5) is 0 Å². The van der Waals surface area contributed by atoms with Crippen molar-refractivity contribution >= 4 is 23.2 Å². The highest BCUT2D eigenvalue weighted by atomic mass is 32.1. The molecule has 2 rings (SSSR count). The fourth-order valence-electron chi connectivity index (χ4n) is 2.73. The smallest absolute Gasteiger partial charge is 0.261 e. The number of nitrogens with zero attached hydrogens (tertiary/aromatic N) is 1. The number of likely N-dealkylation sites (N-methyl/N-ethyl adjacent to an activating group) is 1. The van der Waals surface area contributed by atoms with E-state index in [1.54, 1.807) is 6.07 Å². The Kier molecular flexibility index (Phi) is 7.63. The van der Waals surface area contributed by atoms with Crippen LogP contribution in [0, 0.1) is 0 Å². The first-order chi connectivity index (χ1) is 12.2. The second-order valence-corrected chi connectivity index (χ2v) is 6.56. The van der Waals surface area contributed by atoms with Gasteiger partial charge in [0.25, 0.3) is 5.91 Å². The lowest BCUT2D eigenvalue weighted by molar-refractivity contribution is -0.120. The van der Waals surface area contributed by atoms with Crippen molar-refractivity contribution < 1.29 is 9.59 Å². The summed E-state index contributed by atoms with van der Waals surface area (Å²) in [7, 11) is 0. The van der Waals surface area contributed by atoms with Crippen LogP contribution in [-0.4, -0.2) is 42.9 Å². The molecular weight excluding hydrogens is 334 g/mol. The normalized spacial score (nSPS) is 12.0. The van der Waals surface area contributed by atoms with Crippen LogP contribution in [0.25, 0.3) is 0 Å². The van der Waals surface area contributed by atoms with Crippen LogP contribution in [0.5, 0.6) is 0 Å². The van der Waals surface area contributed by atoms with Crippen LogP contribution >= 0.6 is 11.3 Å². The summed E-state index contributed by atoms with van der Waals surface area (Å²) in [5.41, 5.74) is 1.18. The first kappa shape index (κ1) is 19.1. The summed E-state index contributed by atoms with van der Waals surface area (Å²) in [6, 6.07) is 13.8. The number of nitrogens with one attached hydrogen (secondary N) is 2. The maximum Gasteiger partial charge on any atom is 0.261 e. The molecule has 134 valence electrons. The molecule has 0 bridgehead atoms. The molecule has 1 atom stereocenters. The van der Waals surface area contributed by atoms with E-state index in [0.717, 1.165) is 13.1 Å². The van der Waals surface area contributed by atoms with E-state index >= 15 is 0 Å². The molecule has 2 aromatic rings. The summed E-state index contributed by atoms with van der Waals surface area (Å²) in [6.07, 6.45) is 0. The summed E-state index contributed by atoms with van der Waals surface area (Å²) < 4.78 is 0. The molecule has 1 aromatic heterocycles. The van der Waals surface area contributed by atoms with E-state index in [2.05, 4.69) is 41.5 Å². The topological polar surface area (TPSA) is 61.4 Å². The van der Waals surface area contributed by atoms with Gasteiger partial charge in [0.1, 0.15) is 0 Å². The van der Waals surface area contributed by atoms with Crippen molar-refractivity contribution in [1.29, 1.82) is 0 Å². The van der Waals surface area contributed by atoms with Crippen LogP contribution in [0.3, 0.4) is 0 Å². The van der Waals surface area contributed by atoms with Crippen molar-refractivity contribution in [2.24, 2.45) is 0 Å². The van der Waals surface area contributed by atoms with Crippen molar-refractivity contribution in [3.05, 3.63) is 58.3 Å². The summed E-state index contributed by atoms with van der Waals surface area (Å²) in [5, 5.41) is 7.43. The SMILES string of the molecule is CCN(CC)C(CNC(=O)CNC(=O)c1cccs1)c1ccccc1. The predicted octanol–water partition coefficient (Wildman–Crippen LogP) is 2.68. The molecule has 0 aliphatic heterocycles. The van der Waals surface area contributed by atoms with Crippen LogP contribution < -0.4 is 10.6 Å². The minimum Gasteiger partial charge on any atom is -0.353 e. The van der Waals surface area contributed by atoms with Gasteiger partial charge in [-0.25, -0.2) is 0 Å². The molecule has 2 N–H and O–H groups in total. The molecule has 5 nitrogen and oxygen atoms in total. The van der Waals surface area contributed by atoms with Gasteiger partial charge >= 0.3 is 0 Å². The van der Waals surface area contributed by atoms with E-state index in [9.17, 15) is 9.59 Å². The predicted molar refractivity (Wildman–Crippen MR) is 102 cm³/mol. The molecule has 2 amide bonds. The molecule has 0 saturated carbocycles. The molecule has 1 unspecified atom stereocenters. The molecule has 0 saturated heterocycles. The van der Waals surface area contributed by atoms with E-state index in [0.29, 0.717) is 11.4 Å². The Balaban J connectivity index is 1.89. The third-order valence-electron chi connectivity index (χ3n) is 4.08. The maximum atomic E-state index is 12.1. The molecule has 0 radical (unpaired) electrons. The summed E-state index contributed by atoms with van der Waals surface area (Å²) in [4.78, 5) is 26.9. The molecule has 6 heteroatoms. The Morgan fingerprint density at radius 1 is 1.04 bits per heavy atom.